The number of aryl methyl sites for hydroxylation is 2. The molecule has 2 N–H and O–H groups in total. The predicted octanol–water partition coefficient (Wildman–Crippen LogP) is 2.62. The number of phenolic OH excluding ortho intramolecular Hbond substituents is 2. The highest BCUT2D eigenvalue weighted by molar-refractivity contribution is 5.52. The molecule has 2 aromatic rings. The molecular formula is C16H16O5. The maximum Gasteiger partial charge on any atom is 0.231 e. The fourth-order valence-electron chi connectivity index (χ4n) is 2.38. The molecule has 0 fully saturated rings. The van der Waals surface area contributed by atoms with Crippen LogP contribution in [0.25, 0.3) is 0 Å². The molecule has 21 heavy (non-hydrogen) atoms. The Labute approximate surface area is 122 Å². The Hall–Kier alpha value is -2.56. The Bertz CT molecular complexity index is 666. The highest BCUT2D eigenvalue weighted by atomic mass is 16.7. The Morgan fingerprint density at radius 2 is 1.71 bits per heavy atom. The summed E-state index contributed by atoms with van der Waals surface area (Å²) < 4.78 is 16.1. The van der Waals surface area contributed by atoms with Gasteiger partial charge in [-0.3, -0.25) is 0 Å². The van der Waals surface area contributed by atoms with Crippen LogP contribution in [0.3, 0.4) is 0 Å². The van der Waals surface area contributed by atoms with Gasteiger partial charge in [0, 0.05) is 12.1 Å². The first-order valence-corrected chi connectivity index (χ1v) is 6.65. The Balaban J connectivity index is 1.81. The summed E-state index contributed by atoms with van der Waals surface area (Å²) in [6.07, 6.45) is 1.31. The number of phenols is 2. The number of benzene rings is 2. The predicted molar refractivity (Wildman–Crippen MR) is 76.3 cm³/mol. The van der Waals surface area contributed by atoms with Gasteiger partial charge in [0.1, 0.15) is 17.2 Å². The van der Waals surface area contributed by atoms with E-state index in [0.29, 0.717) is 24.3 Å². The molecule has 1 aliphatic rings. The van der Waals surface area contributed by atoms with E-state index >= 15 is 0 Å². The molecule has 0 spiro atoms. The van der Waals surface area contributed by atoms with Crippen molar-refractivity contribution in [1.82, 2.24) is 0 Å². The molecule has 0 atom stereocenters. The van der Waals surface area contributed by atoms with E-state index in [-0.39, 0.29) is 18.3 Å². The maximum absolute atomic E-state index is 9.81. The number of ether oxygens (including phenoxy) is 3. The number of methoxy groups -OCH3 is 1. The van der Waals surface area contributed by atoms with Crippen molar-refractivity contribution >= 4 is 0 Å². The Morgan fingerprint density at radius 1 is 1.00 bits per heavy atom. The number of hydrogen-bond acceptors (Lipinski definition) is 5. The third-order valence-electron chi connectivity index (χ3n) is 3.51. The summed E-state index contributed by atoms with van der Waals surface area (Å²) in [6.45, 7) is 0.223. The molecule has 0 saturated carbocycles. The molecule has 0 radical (unpaired) electrons. The molecule has 0 bridgehead atoms. The monoisotopic (exact) mass is 288 g/mol. The lowest BCUT2D eigenvalue weighted by Crippen LogP contribution is -1.96. The molecular weight excluding hydrogens is 272 g/mol. The zero-order chi connectivity index (χ0) is 14.8. The first-order chi connectivity index (χ1) is 10.2. The number of fused-ring (bicyclic) bond motifs is 1. The van der Waals surface area contributed by atoms with Gasteiger partial charge >= 0.3 is 0 Å². The van der Waals surface area contributed by atoms with Crippen molar-refractivity contribution in [2.75, 3.05) is 13.9 Å². The van der Waals surface area contributed by atoms with Gasteiger partial charge in [-0.1, -0.05) is 6.07 Å². The van der Waals surface area contributed by atoms with E-state index in [9.17, 15) is 10.2 Å². The Kier molecular flexibility index (Phi) is 3.48. The quantitative estimate of drug-likeness (QED) is 0.905. The summed E-state index contributed by atoms with van der Waals surface area (Å²) in [7, 11) is 1.61. The van der Waals surface area contributed by atoms with Gasteiger partial charge in [0.05, 0.1) is 7.11 Å². The van der Waals surface area contributed by atoms with Crippen LogP contribution in [0, 0.1) is 0 Å². The molecule has 3 rings (SSSR count). The molecule has 0 amide bonds. The van der Waals surface area contributed by atoms with E-state index in [2.05, 4.69) is 0 Å². The SMILES string of the molecule is COc1cc2c(cc1CCc1ccc(O)cc1O)OCO2. The minimum atomic E-state index is 0.0527. The van der Waals surface area contributed by atoms with Crippen LogP contribution in [0.15, 0.2) is 30.3 Å². The maximum atomic E-state index is 9.81. The van der Waals surface area contributed by atoms with Crippen molar-refractivity contribution in [1.29, 1.82) is 0 Å². The van der Waals surface area contributed by atoms with E-state index in [1.807, 2.05) is 12.1 Å². The van der Waals surface area contributed by atoms with Crippen molar-refractivity contribution in [3.8, 4) is 28.7 Å². The summed E-state index contributed by atoms with van der Waals surface area (Å²) in [5.74, 6) is 2.27. The molecule has 1 heterocycles. The zero-order valence-corrected chi connectivity index (χ0v) is 11.6. The van der Waals surface area contributed by atoms with E-state index in [1.165, 1.54) is 6.07 Å². The fraction of sp³-hybridized carbons (Fsp3) is 0.250. The molecule has 5 heteroatoms. The molecule has 0 unspecified atom stereocenters. The van der Waals surface area contributed by atoms with Gasteiger partial charge in [-0.2, -0.15) is 0 Å². The molecule has 0 aromatic heterocycles. The molecule has 5 nitrogen and oxygen atoms in total. The van der Waals surface area contributed by atoms with Crippen molar-refractivity contribution in [2.24, 2.45) is 0 Å². The van der Waals surface area contributed by atoms with E-state index < -0.39 is 0 Å². The van der Waals surface area contributed by atoms with Gasteiger partial charge in [0.15, 0.2) is 11.5 Å². The topological polar surface area (TPSA) is 68.2 Å². The first-order valence-electron chi connectivity index (χ1n) is 6.65. The minimum absolute atomic E-state index is 0.0527. The summed E-state index contributed by atoms with van der Waals surface area (Å²) in [6, 6.07) is 8.33. The lowest BCUT2D eigenvalue weighted by atomic mass is 10.0. The minimum Gasteiger partial charge on any atom is -0.508 e. The first kappa shape index (κ1) is 13.4. The van der Waals surface area contributed by atoms with E-state index in [4.69, 9.17) is 14.2 Å². The lowest BCUT2D eigenvalue weighted by Gasteiger charge is -2.10. The van der Waals surface area contributed by atoms with Crippen LogP contribution in [0.2, 0.25) is 0 Å². The Morgan fingerprint density at radius 3 is 2.43 bits per heavy atom. The van der Waals surface area contributed by atoms with Gasteiger partial charge < -0.3 is 24.4 Å². The normalized spacial score (nSPS) is 12.4. The molecule has 1 aliphatic heterocycles. The fourth-order valence-corrected chi connectivity index (χ4v) is 2.38. The standard InChI is InChI=1S/C16H16O5/c1-19-14-8-16-15(20-9-21-16)6-11(14)3-2-10-4-5-12(17)7-13(10)18/h4-8,17-18H,2-3,9H2,1H3. The highest BCUT2D eigenvalue weighted by Gasteiger charge is 2.18. The summed E-state index contributed by atoms with van der Waals surface area (Å²) in [5.41, 5.74) is 1.75. The number of hydrogen-bond donors (Lipinski definition) is 2. The summed E-state index contributed by atoms with van der Waals surface area (Å²) in [4.78, 5) is 0. The average molecular weight is 288 g/mol. The van der Waals surface area contributed by atoms with Crippen LogP contribution < -0.4 is 14.2 Å². The molecule has 110 valence electrons. The van der Waals surface area contributed by atoms with Crippen LogP contribution in [0.5, 0.6) is 28.7 Å². The highest BCUT2D eigenvalue weighted by Crippen LogP contribution is 2.38. The third kappa shape index (κ3) is 2.67. The van der Waals surface area contributed by atoms with Crippen molar-refractivity contribution in [3.05, 3.63) is 41.5 Å². The van der Waals surface area contributed by atoms with Crippen molar-refractivity contribution in [2.45, 2.75) is 12.8 Å². The molecule has 2 aromatic carbocycles. The van der Waals surface area contributed by atoms with Gasteiger partial charge in [0.25, 0.3) is 0 Å². The second-order valence-corrected chi connectivity index (χ2v) is 4.83. The van der Waals surface area contributed by atoms with Crippen LogP contribution in [-0.2, 0) is 12.8 Å². The lowest BCUT2D eigenvalue weighted by molar-refractivity contribution is 0.174. The van der Waals surface area contributed by atoms with Crippen LogP contribution in [-0.4, -0.2) is 24.1 Å². The average Bonchev–Trinajstić information content (AvgIpc) is 2.92. The van der Waals surface area contributed by atoms with Crippen LogP contribution in [0.1, 0.15) is 11.1 Å². The van der Waals surface area contributed by atoms with Crippen LogP contribution in [0.4, 0.5) is 0 Å². The largest absolute Gasteiger partial charge is 0.508 e. The van der Waals surface area contributed by atoms with Crippen LogP contribution >= 0.6 is 0 Å². The zero-order valence-electron chi connectivity index (χ0n) is 11.6. The van der Waals surface area contributed by atoms with Gasteiger partial charge in [-0.05, 0) is 36.1 Å². The van der Waals surface area contributed by atoms with Gasteiger partial charge in [-0.15, -0.1) is 0 Å². The summed E-state index contributed by atoms with van der Waals surface area (Å²) >= 11 is 0. The van der Waals surface area contributed by atoms with Gasteiger partial charge in [0.2, 0.25) is 6.79 Å². The number of aromatic hydroxyl groups is 2. The van der Waals surface area contributed by atoms with E-state index in [1.54, 1.807) is 19.2 Å². The smallest absolute Gasteiger partial charge is 0.231 e. The van der Waals surface area contributed by atoms with E-state index in [0.717, 1.165) is 16.9 Å². The second kappa shape index (κ2) is 5.44. The van der Waals surface area contributed by atoms with Crippen molar-refractivity contribution in [3.63, 3.8) is 0 Å². The molecule has 0 aliphatic carbocycles. The molecule has 0 saturated heterocycles. The van der Waals surface area contributed by atoms with Gasteiger partial charge in [-0.25, -0.2) is 0 Å². The third-order valence-corrected chi connectivity index (χ3v) is 3.51. The summed E-state index contributed by atoms with van der Waals surface area (Å²) in [5, 5.41) is 19.1. The second-order valence-electron chi connectivity index (χ2n) is 4.83. The van der Waals surface area contributed by atoms with Crippen molar-refractivity contribution < 1.29 is 24.4 Å². The number of rotatable bonds is 4.